The quantitative estimate of drug-likeness (QED) is 0.580. The maximum absolute atomic E-state index is 9.74. The monoisotopic (exact) mass is 202 g/mol. The topological polar surface area (TPSA) is 57.2 Å². The molecule has 3 aliphatic heterocycles. The Hall–Kier alpha value is -0.200. The average Bonchev–Trinajstić information content (AvgIpc) is 2.50. The highest BCUT2D eigenvalue weighted by molar-refractivity contribution is 4.98. The second-order valence-electron chi connectivity index (χ2n) is 4.43. The Morgan fingerprint density at radius 3 is 2.79 bits per heavy atom. The molecule has 0 radical (unpaired) electrons. The van der Waals surface area contributed by atoms with Crippen LogP contribution in [0.2, 0.25) is 0 Å². The van der Waals surface area contributed by atoms with Crippen molar-refractivity contribution in [2.24, 2.45) is 0 Å². The zero-order valence-electron chi connectivity index (χ0n) is 8.17. The van der Waals surface area contributed by atoms with Gasteiger partial charge >= 0.3 is 0 Å². The lowest BCUT2D eigenvalue weighted by molar-refractivity contribution is -0.218. The van der Waals surface area contributed by atoms with Crippen molar-refractivity contribution >= 4 is 0 Å². The first-order valence-corrected chi connectivity index (χ1v) is 4.88. The van der Waals surface area contributed by atoms with Crippen molar-refractivity contribution in [1.82, 2.24) is 0 Å². The highest BCUT2D eigenvalue weighted by Crippen LogP contribution is 2.40. The summed E-state index contributed by atoms with van der Waals surface area (Å²) in [5.74, 6) is -0.650. The fraction of sp³-hybridized carbons (Fsp3) is 1.00. The molecule has 1 N–H and O–H groups in total. The smallest absolute Gasteiger partial charge is 0.190 e. The molecule has 3 aliphatic rings. The minimum atomic E-state index is -0.650. The first-order valence-electron chi connectivity index (χ1n) is 4.88. The molecular weight excluding hydrogens is 188 g/mol. The second-order valence-corrected chi connectivity index (χ2v) is 4.43. The molecule has 2 bridgehead atoms. The second kappa shape index (κ2) is 2.68. The standard InChI is InChI=1S/C9H14O5/c1-9(2)13-7-6-5(10)4(3-11-6)12-8(7)14-9/h4-8,10H,3H2,1-2H3/t4?,5-,6?,7+,8-/m0/s1. The SMILES string of the molecule is CC1(C)O[C@@H]2OC3COC([C@H]3O)[C@H]2O1. The van der Waals surface area contributed by atoms with Gasteiger partial charge in [-0.1, -0.05) is 0 Å². The Kier molecular flexibility index (Phi) is 1.73. The molecule has 3 heterocycles. The molecule has 3 fully saturated rings. The molecule has 2 unspecified atom stereocenters. The fourth-order valence-corrected chi connectivity index (χ4v) is 2.28. The molecule has 5 atom stereocenters. The van der Waals surface area contributed by atoms with Gasteiger partial charge in [-0.05, 0) is 13.8 Å². The third-order valence-corrected chi connectivity index (χ3v) is 2.89. The molecule has 0 aromatic carbocycles. The molecule has 0 aromatic rings. The molecule has 0 aromatic heterocycles. The van der Waals surface area contributed by atoms with Crippen LogP contribution in [-0.2, 0) is 18.9 Å². The van der Waals surface area contributed by atoms with Crippen molar-refractivity contribution in [2.75, 3.05) is 6.61 Å². The molecule has 0 amide bonds. The van der Waals surface area contributed by atoms with Crippen LogP contribution in [0.3, 0.4) is 0 Å². The van der Waals surface area contributed by atoms with Crippen molar-refractivity contribution in [3.63, 3.8) is 0 Å². The fourth-order valence-electron chi connectivity index (χ4n) is 2.28. The Morgan fingerprint density at radius 2 is 2.00 bits per heavy atom. The summed E-state index contributed by atoms with van der Waals surface area (Å²) in [7, 11) is 0. The van der Waals surface area contributed by atoms with E-state index in [1.807, 2.05) is 13.8 Å². The van der Waals surface area contributed by atoms with Gasteiger partial charge in [-0.15, -0.1) is 0 Å². The summed E-state index contributed by atoms with van der Waals surface area (Å²) in [6.07, 6.45) is -1.86. The van der Waals surface area contributed by atoms with Crippen LogP contribution in [-0.4, -0.2) is 48.2 Å². The number of fused-ring (bicyclic) bond motifs is 4. The Morgan fingerprint density at radius 1 is 1.21 bits per heavy atom. The number of rotatable bonds is 0. The molecule has 0 spiro atoms. The highest BCUT2D eigenvalue weighted by Gasteiger charge is 2.57. The molecule has 14 heavy (non-hydrogen) atoms. The lowest BCUT2D eigenvalue weighted by atomic mass is 10.0. The predicted octanol–water partition coefficient (Wildman–Crippen LogP) is -0.378. The maximum atomic E-state index is 9.74. The summed E-state index contributed by atoms with van der Waals surface area (Å²) in [5.41, 5.74) is 0. The normalized spacial score (nSPS) is 54.6. The van der Waals surface area contributed by atoms with E-state index in [1.54, 1.807) is 0 Å². The number of ether oxygens (including phenoxy) is 4. The molecule has 3 saturated heterocycles. The van der Waals surface area contributed by atoms with Gasteiger partial charge in [-0.25, -0.2) is 0 Å². The van der Waals surface area contributed by atoms with Gasteiger partial charge in [0.2, 0.25) is 0 Å². The molecule has 80 valence electrons. The van der Waals surface area contributed by atoms with E-state index in [0.717, 1.165) is 0 Å². The predicted molar refractivity (Wildman–Crippen MR) is 44.4 cm³/mol. The van der Waals surface area contributed by atoms with Crippen LogP contribution in [0.15, 0.2) is 0 Å². The van der Waals surface area contributed by atoms with Crippen LogP contribution in [0.1, 0.15) is 13.8 Å². The van der Waals surface area contributed by atoms with Gasteiger partial charge in [0.15, 0.2) is 12.1 Å². The van der Waals surface area contributed by atoms with Crippen LogP contribution in [0.25, 0.3) is 0 Å². The van der Waals surface area contributed by atoms with E-state index in [2.05, 4.69) is 0 Å². The first kappa shape index (κ1) is 9.06. The number of aliphatic hydroxyl groups excluding tert-OH is 1. The van der Waals surface area contributed by atoms with Gasteiger partial charge in [-0.2, -0.15) is 0 Å². The zero-order chi connectivity index (χ0) is 9.92. The summed E-state index contributed by atoms with van der Waals surface area (Å²) in [6, 6.07) is 0. The molecule has 5 nitrogen and oxygen atoms in total. The van der Waals surface area contributed by atoms with Crippen molar-refractivity contribution in [3.05, 3.63) is 0 Å². The van der Waals surface area contributed by atoms with Crippen molar-refractivity contribution in [2.45, 2.75) is 50.3 Å². The third kappa shape index (κ3) is 1.14. The zero-order valence-corrected chi connectivity index (χ0v) is 8.17. The van der Waals surface area contributed by atoms with Crippen molar-refractivity contribution in [1.29, 1.82) is 0 Å². The van der Waals surface area contributed by atoms with Gasteiger partial charge in [-0.3, -0.25) is 0 Å². The number of hydrogen-bond acceptors (Lipinski definition) is 5. The molecule has 0 saturated carbocycles. The Labute approximate surface area is 81.9 Å². The van der Waals surface area contributed by atoms with Crippen molar-refractivity contribution < 1.29 is 24.1 Å². The minimum absolute atomic E-state index is 0.265. The molecule has 3 rings (SSSR count). The lowest BCUT2D eigenvalue weighted by Crippen LogP contribution is -2.51. The van der Waals surface area contributed by atoms with Gasteiger partial charge in [0.1, 0.15) is 24.4 Å². The van der Waals surface area contributed by atoms with E-state index >= 15 is 0 Å². The Bertz CT molecular complexity index is 254. The summed E-state index contributed by atoms with van der Waals surface area (Å²) < 4.78 is 22.1. The highest BCUT2D eigenvalue weighted by atomic mass is 16.8. The van der Waals surface area contributed by atoms with Gasteiger partial charge in [0, 0.05) is 0 Å². The van der Waals surface area contributed by atoms with E-state index in [4.69, 9.17) is 18.9 Å². The summed E-state index contributed by atoms with van der Waals surface area (Å²) >= 11 is 0. The van der Waals surface area contributed by atoms with Crippen LogP contribution < -0.4 is 0 Å². The Balaban J connectivity index is 1.86. The first-order chi connectivity index (χ1) is 6.57. The average molecular weight is 202 g/mol. The van der Waals surface area contributed by atoms with E-state index in [-0.39, 0.29) is 18.3 Å². The van der Waals surface area contributed by atoms with Gasteiger partial charge < -0.3 is 24.1 Å². The van der Waals surface area contributed by atoms with Crippen LogP contribution in [0, 0.1) is 0 Å². The minimum Gasteiger partial charge on any atom is -0.387 e. The summed E-state index contributed by atoms with van der Waals surface area (Å²) in [4.78, 5) is 0. The van der Waals surface area contributed by atoms with E-state index < -0.39 is 18.2 Å². The van der Waals surface area contributed by atoms with Crippen LogP contribution in [0.5, 0.6) is 0 Å². The summed E-state index contributed by atoms with van der Waals surface area (Å²) in [5, 5.41) is 9.74. The van der Waals surface area contributed by atoms with E-state index in [1.165, 1.54) is 0 Å². The van der Waals surface area contributed by atoms with Crippen LogP contribution in [0.4, 0.5) is 0 Å². The van der Waals surface area contributed by atoms with Gasteiger partial charge in [0.05, 0.1) is 6.61 Å². The lowest BCUT2D eigenvalue weighted by Gasteiger charge is -2.31. The molecule has 5 heteroatoms. The summed E-state index contributed by atoms with van der Waals surface area (Å²) in [6.45, 7) is 4.08. The molecular formula is C9H14O5. The van der Waals surface area contributed by atoms with E-state index in [0.29, 0.717) is 6.61 Å². The van der Waals surface area contributed by atoms with Crippen molar-refractivity contribution in [3.8, 4) is 0 Å². The van der Waals surface area contributed by atoms with Gasteiger partial charge in [0.25, 0.3) is 0 Å². The molecule has 0 aliphatic carbocycles. The number of hydrogen-bond donors (Lipinski definition) is 1. The van der Waals surface area contributed by atoms with E-state index in [9.17, 15) is 5.11 Å². The maximum Gasteiger partial charge on any atom is 0.190 e. The van der Waals surface area contributed by atoms with Crippen LogP contribution >= 0.6 is 0 Å². The number of aliphatic hydroxyl groups is 1. The third-order valence-electron chi connectivity index (χ3n) is 2.89. The largest absolute Gasteiger partial charge is 0.387 e.